The van der Waals surface area contributed by atoms with Crippen molar-refractivity contribution in [1.29, 1.82) is 0 Å². The van der Waals surface area contributed by atoms with Gasteiger partial charge in [-0.1, -0.05) is 0 Å². The van der Waals surface area contributed by atoms with E-state index in [9.17, 15) is 4.79 Å². The molecule has 4 rings (SSSR count). The Morgan fingerprint density at radius 3 is 2.92 bits per heavy atom. The molecule has 2 N–H and O–H groups in total. The summed E-state index contributed by atoms with van der Waals surface area (Å²) in [6, 6.07) is 7.61. The Morgan fingerprint density at radius 1 is 1.27 bits per heavy atom. The number of aromatic nitrogens is 6. The lowest BCUT2D eigenvalue weighted by Gasteiger charge is -2.11. The fourth-order valence-corrected chi connectivity index (χ4v) is 2.88. The number of nitrogens with one attached hydrogen (secondary N) is 2. The van der Waals surface area contributed by atoms with E-state index in [1.165, 1.54) is 6.33 Å². The van der Waals surface area contributed by atoms with Crippen molar-refractivity contribution in [3.05, 3.63) is 70.2 Å². The lowest BCUT2D eigenvalue weighted by atomic mass is 10.1. The van der Waals surface area contributed by atoms with Crippen LogP contribution < -0.4 is 10.9 Å². The van der Waals surface area contributed by atoms with E-state index in [1.54, 1.807) is 16.9 Å². The molecular formula is C18H17N7O. The Morgan fingerprint density at radius 2 is 2.15 bits per heavy atom. The lowest BCUT2D eigenvalue weighted by Crippen LogP contribution is -2.19. The van der Waals surface area contributed by atoms with Gasteiger partial charge in [-0.2, -0.15) is 14.6 Å². The summed E-state index contributed by atoms with van der Waals surface area (Å²) in [6.07, 6.45) is 4.91. The molecule has 0 spiro atoms. The quantitative estimate of drug-likeness (QED) is 0.586. The molecule has 8 nitrogen and oxygen atoms in total. The van der Waals surface area contributed by atoms with Gasteiger partial charge in [0, 0.05) is 41.8 Å². The van der Waals surface area contributed by atoms with Crippen molar-refractivity contribution >= 4 is 11.6 Å². The molecule has 0 bridgehead atoms. The summed E-state index contributed by atoms with van der Waals surface area (Å²) in [4.78, 5) is 27.9. The third kappa shape index (κ3) is 2.92. The first kappa shape index (κ1) is 15.9. The van der Waals surface area contributed by atoms with Crippen LogP contribution >= 0.6 is 0 Å². The fraction of sp³-hybridized carbons (Fsp3) is 0.167. The van der Waals surface area contributed by atoms with E-state index in [0.29, 0.717) is 23.7 Å². The molecule has 130 valence electrons. The van der Waals surface area contributed by atoms with Crippen LogP contribution in [0.25, 0.3) is 17.0 Å². The lowest BCUT2D eigenvalue weighted by molar-refractivity contribution is 0.917. The van der Waals surface area contributed by atoms with Gasteiger partial charge in [-0.05, 0) is 37.6 Å². The summed E-state index contributed by atoms with van der Waals surface area (Å²) >= 11 is 0. The molecular weight excluding hydrogens is 330 g/mol. The van der Waals surface area contributed by atoms with Gasteiger partial charge in [-0.15, -0.1) is 0 Å². The van der Waals surface area contributed by atoms with Gasteiger partial charge in [0.2, 0.25) is 0 Å². The average Bonchev–Trinajstić information content (AvgIpc) is 3.10. The van der Waals surface area contributed by atoms with Gasteiger partial charge in [-0.3, -0.25) is 9.78 Å². The van der Waals surface area contributed by atoms with Gasteiger partial charge < -0.3 is 10.3 Å². The third-order valence-electron chi connectivity index (χ3n) is 4.15. The van der Waals surface area contributed by atoms with E-state index in [0.717, 1.165) is 22.5 Å². The summed E-state index contributed by atoms with van der Waals surface area (Å²) in [5.41, 5.74) is 3.99. The number of aromatic amines is 1. The Bertz CT molecular complexity index is 1130. The SMILES string of the molecule is Cc1cc(C)c(CNc2cc(-c3cccnc3)nc3ncnn23)c(=O)[nH]1. The Hall–Kier alpha value is -3.55. The van der Waals surface area contributed by atoms with E-state index in [1.807, 2.05) is 38.1 Å². The van der Waals surface area contributed by atoms with Crippen LogP contribution in [0, 0.1) is 13.8 Å². The number of anilines is 1. The van der Waals surface area contributed by atoms with Gasteiger partial charge in [0.15, 0.2) is 0 Å². The molecule has 4 heterocycles. The minimum Gasteiger partial charge on any atom is -0.366 e. The number of hydrogen-bond acceptors (Lipinski definition) is 6. The molecule has 0 fully saturated rings. The van der Waals surface area contributed by atoms with Gasteiger partial charge in [-0.25, -0.2) is 4.98 Å². The molecule has 0 unspecified atom stereocenters. The van der Waals surface area contributed by atoms with E-state index in [-0.39, 0.29) is 5.56 Å². The normalized spacial score (nSPS) is 11.0. The molecule has 0 aromatic carbocycles. The van der Waals surface area contributed by atoms with Crippen LogP contribution in [0.2, 0.25) is 0 Å². The molecule has 0 aliphatic carbocycles. The van der Waals surface area contributed by atoms with E-state index in [4.69, 9.17) is 0 Å². The van der Waals surface area contributed by atoms with Gasteiger partial charge in [0.25, 0.3) is 11.3 Å². The van der Waals surface area contributed by atoms with E-state index < -0.39 is 0 Å². The van der Waals surface area contributed by atoms with Crippen LogP contribution in [0.1, 0.15) is 16.8 Å². The molecule has 8 heteroatoms. The number of hydrogen-bond donors (Lipinski definition) is 2. The molecule has 4 aromatic heterocycles. The predicted octanol–water partition coefficient (Wildman–Crippen LogP) is 2.10. The van der Waals surface area contributed by atoms with Crippen molar-refractivity contribution in [2.24, 2.45) is 0 Å². The number of rotatable bonds is 4. The molecule has 4 aromatic rings. The maximum atomic E-state index is 12.2. The predicted molar refractivity (Wildman–Crippen MR) is 97.9 cm³/mol. The maximum Gasteiger partial charge on any atom is 0.254 e. The first-order chi connectivity index (χ1) is 12.6. The van der Waals surface area contributed by atoms with Gasteiger partial charge in [0.05, 0.1) is 5.69 Å². The summed E-state index contributed by atoms with van der Waals surface area (Å²) in [7, 11) is 0. The highest BCUT2D eigenvalue weighted by Gasteiger charge is 2.11. The van der Waals surface area contributed by atoms with Crippen LogP contribution in [-0.2, 0) is 6.54 Å². The van der Waals surface area contributed by atoms with Gasteiger partial charge >= 0.3 is 0 Å². The highest BCUT2D eigenvalue weighted by molar-refractivity contribution is 5.64. The second-order valence-corrected chi connectivity index (χ2v) is 6.04. The maximum absolute atomic E-state index is 12.2. The molecule has 0 atom stereocenters. The zero-order chi connectivity index (χ0) is 18.1. The largest absolute Gasteiger partial charge is 0.366 e. The summed E-state index contributed by atoms with van der Waals surface area (Å²) in [6.45, 7) is 4.17. The molecule has 0 amide bonds. The van der Waals surface area contributed by atoms with Gasteiger partial charge in [0.1, 0.15) is 12.1 Å². The molecule has 0 aliphatic heterocycles. The van der Waals surface area contributed by atoms with E-state index >= 15 is 0 Å². The summed E-state index contributed by atoms with van der Waals surface area (Å²) in [5, 5.41) is 7.49. The third-order valence-corrected chi connectivity index (χ3v) is 4.15. The minimum absolute atomic E-state index is 0.0913. The average molecular weight is 347 g/mol. The zero-order valence-electron chi connectivity index (χ0n) is 14.4. The second kappa shape index (κ2) is 6.40. The van der Waals surface area contributed by atoms with Crippen LogP contribution in [-0.4, -0.2) is 29.5 Å². The fourth-order valence-electron chi connectivity index (χ4n) is 2.88. The first-order valence-electron chi connectivity index (χ1n) is 8.16. The highest BCUT2D eigenvalue weighted by Crippen LogP contribution is 2.21. The van der Waals surface area contributed by atoms with Crippen LogP contribution in [0.4, 0.5) is 5.82 Å². The number of nitrogens with zero attached hydrogens (tertiary/aromatic N) is 5. The monoisotopic (exact) mass is 347 g/mol. The molecule has 0 aliphatic rings. The summed E-state index contributed by atoms with van der Waals surface area (Å²) < 4.78 is 1.61. The molecule has 0 saturated heterocycles. The zero-order valence-corrected chi connectivity index (χ0v) is 14.4. The van der Waals surface area contributed by atoms with Crippen molar-refractivity contribution in [3.8, 4) is 11.3 Å². The van der Waals surface area contributed by atoms with Crippen LogP contribution in [0.5, 0.6) is 0 Å². The molecule has 0 radical (unpaired) electrons. The standard InChI is InChI=1S/C18H17N7O/c1-11-6-12(2)23-17(26)14(11)9-20-16-7-15(13-4-3-5-19-8-13)24-18-21-10-22-25(16)18/h3-8,10,20H,9H2,1-2H3,(H,23,26). The van der Waals surface area contributed by atoms with Crippen LogP contribution in [0.15, 0.2) is 47.8 Å². The topological polar surface area (TPSA) is 101 Å². The van der Waals surface area contributed by atoms with Crippen molar-refractivity contribution in [2.75, 3.05) is 5.32 Å². The van der Waals surface area contributed by atoms with Crippen molar-refractivity contribution < 1.29 is 0 Å². The van der Waals surface area contributed by atoms with Crippen molar-refractivity contribution in [2.45, 2.75) is 20.4 Å². The smallest absolute Gasteiger partial charge is 0.254 e. The Balaban J connectivity index is 1.73. The Kier molecular flexibility index (Phi) is 3.92. The van der Waals surface area contributed by atoms with Crippen LogP contribution in [0.3, 0.4) is 0 Å². The number of pyridine rings is 2. The minimum atomic E-state index is -0.0913. The number of aryl methyl sites for hydroxylation is 2. The second-order valence-electron chi connectivity index (χ2n) is 6.04. The van der Waals surface area contributed by atoms with Crippen molar-refractivity contribution in [1.82, 2.24) is 29.5 Å². The number of fused-ring (bicyclic) bond motifs is 1. The van der Waals surface area contributed by atoms with E-state index in [2.05, 4.69) is 30.4 Å². The number of H-pyrrole nitrogens is 1. The highest BCUT2D eigenvalue weighted by atomic mass is 16.1. The first-order valence-corrected chi connectivity index (χ1v) is 8.16. The summed E-state index contributed by atoms with van der Waals surface area (Å²) in [5.74, 6) is 1.18. The Labute approximate surface area is 149 Å². The molecule has 0 saturated carbocycles. The van der Waals surface area contributed by atoms with Crippen molar-refractivity contribution in [3.63, 3.8) is 0 Å². The molecule has 26 heavy (non-hydrogen) atoms.